The van der Waals surface area contributed by atoms with E-state index in [-0.39, 0.29) is 5.91 Å². The molecule has 31 heavy (non-hydrogen) atoms. The minimum absolute atomic E-state index is 0.0512. The number of carbonyl (C=O) groups excluding carboxylic acids is 1. The Kier molecular flexibility index (Phi) is 5.11. The van der Waals surface area contributed by atoms with Gasteiger partial charge in [-0.3, -0.25) is 9.78 Å². The molecule has 2 unspecified atom stereocenters. The Bertz CT molecular complexity index is 1240. The molecule has 158 valence electrons. The van der Waals surface area contributed by atoms with E-state index < -0.39 is 0 Å². The number of para-hydroxylation sites is 1. The van der Waals surface area contributed by atoms with E-state index in [2.05, 4.69) is 45.0 Å². The lowest BCUT2D eigenvalue weighted by Gasteiger charge is -2.11. The molecule has 1 aliphatic carbocycles. The zero-order chi connectivity index (χ0) is 21.2. The molecule has 1 aliphatic rings. The van der Waals surface area contributed by atoms with Gasteiger partial charge in [0.05, 0.1) is 18.3 Å². The monoisotopic (exact) mass is 416 g/mol. The molecule has 1 fully saturated rings. The number of fused-ring (bicyclic) bond motifs is 2. The number of nitrogens with zero attached hydrogens (tertiary/aromatic N) is 4. The second-order valence-corrected chi connectivity index (χ2v) is 7.83. The Morgan fingerprint density at radius 1 is 1.16 bits per heavy atom. The van der Waals surface area contributed by atoms with Gasteiger partial charge in [0, 0.05) is 55.1 Å². The first-order valence-corrected chi connectivity index (χ1v) is 10.5. The fourth-order valence-electron chi connectivity index (χ4n) is 3.79. The van der Waals surface area contributed by atoms with Crippen LogP contribution < -0.4 is 15.4 Å². The maximum Gasteiger partial charge on any atom is 0.219 e. The molecule has 8 nitrogen and oxygen atoms in total. The maximum absolute atomic E-state index is 11.0. The standard InChI is InChI=1S/C23H24N6O2/c1-15(30)24-10-11-25-22-13-23(28-21-8-9-26-29(21)22)31-14-17-12-18(17)20-7-6-16-4-2-3-5-19(16)27-20/h2-9,13,17-18,25H,10-12,14H2,1H3,(H,24,30). The smallest absolute Gasteiger partial charge is 0.219 e. The maximum atomic E-state index is 11.0. The molecule has 0 radical (unpaired) electrons. The van der Waals surface area contributed by atoms with Crippen molar-refractivity contribution in [3.05, 3.63) is 60.4 Å². The Morgan fingerprint density at radius 3 is 2.97 bits per heavy atom. The van der Waals surface area contributed by atoms with Gasteiger partial charge in [0.1, 0.15) is 5.82 Å². The molecular formula is C23H24N6O2. The number of benzene rings is 1. The van der Waals surface area contributed by atoms with Crippen molar-refractivity contribution in [2.75, 3.05) is 25.0 Å². The van der Waals surface area contributed by atoms with Crippen molar-refractivity contribution in [3.63, 3.8) is 0 Å². The van der Waals surface area contributed by atoms with Crippen LogP contribution in [0.1, 0.15) is 25.0 Å². The first kappa shape index (κ1) is 19.3. The average molecular weight is 416 g/mol. The molecule has 0 aliphatic heterocycles. The van der Waals surface area contributed by atoms with Gasteiger partial charge in [-0.1, -0.05) is 24.3 Å². The van der Waals surface area contributed by atoms with E-state index in [4.69, 9.17) is 9.72 Å². The third-order valence-electron chi connectivity index (χ3n) is 5.51. The highest BCUT2D eigenvalue weighted by atomic mass is 16.5. The molecule has 8 heteroatoms. The Labute approximate surface area is 179 Å². The zero-order valence-electron chi connectivity index (χ0n) is 17.3. The summed E-state index contributed by atoms with van der Waals surface area (Å²) < 4.78 is 7.76. The predicted molar refractivity (Wildman–Crippen MR) is 118 cm³/mol. The third-order valence-corrected chi connectivity index (χ3v) is 5.51. The Balaban J connectivity index is 1.23. The molecule has 1 amide bonds. The number of carbonyl (C=O) groups is 1. The largest absolute Gasteiger partial charge is 0.477 e. The average Bonchev–Trinajstić information content (AvgIpc) is 3.40. The quantitative estimate of drug-likeness (QED) is 0.429. The number of hydrogen-bond acceptors (Lipinski definition) is 6. The number of pyridine rings is 1. The molecule has 3 heterocycles. The van der Waals surface area contributed by atoms with E-state index in [1.807, 2.05) is 24.3 Å². The summed E-state index contributed by atoms with van der Waals surface area (Å²) in [5.74, 6) is 2.15. The number of rotatable bonds is 8. The second kappa shape index (κ2) is 8.22. The van der Waals surface area contributed by atoms with Crippen LogP contribution in [0.5, 0.6) is 5.88 Å². The van der Waals surface area contributed by atoms with Gasteiger partial charge < -0.3 is 15.4 Å². The van der Waals surface area contributed by atoms with Crippen molar-refractivity contribution in [1.29, 1.82) is 0 Å². The van der Waals surface area contributed by atoms with Gasteiger partial charge in [-0.2, -0.15) is 14.6 Å². The summed E-state index contributed by atoms with van der Waals surface area (Å²) in [6.07, 6.45) is 2.77. The van der Waals surface area contributed by atoms with Gasteiger partial charge in [0.2, 0.25) is 11.8 Å². The predicted octanol–water partition coefficient (Wildman–Crippen LogP) is 3.01. The molecule has 0 spiro atoms. The summed E-state index contributed by atoms with van der Waals surface area (Å²) in [5.41, 5.74) is 2.88. The lowest BCUT2D eigenvalue weighted by molar-refractivity contribution is -0.118. The van der Waals surface area contributed by atoms with Crippen LogP contribution in [-0.2, 0) is 4.79 Å². The molecule has 1 aromatic carbocycles. The molecule has 5 rings (SSSR count). The van der Waals surface area contributed by atoms with Crippen LogP contribution in [0.25, 0.3) is 16.6 Å². The van der Waals surface area contributed by atoms with Gasteiger partial charge in [0.15, 0.2) is 5.65 Å². The third kappa shape index (κ3) is 4.28. The van der Waals surface area contributed by atoms with Crippen LogP contribution in [-0.4, -0.2) is 45.2 Å². The normalized spacial score (nSPS) is 17.6. The van der Waals surface area contributed by atoms with Crippen LogP contribution in [0, 0.1) is 5.92 Å². The van der Waals surface area contributed by atoms with E-state index in [0.717, 1.165) is 28.8 Å². The van der Waals surface area contributed by atoms with Crippen LogP contribution in [0.15, 0.2) is 54.7 Å². The van der Waals surface area contributed by atoms with Crippen molar-refractivity contribution in [3.8, 4) is 5.88 Å². The summed E-state index contributed by atoms with van der Waals surface area (Å²) >= 11 is 0. The van der Waals surface area contributed by atoms with Crippen LogP contribution >= 0.6 is 0 Å². The molecule has 2 atom stereocenters. The minimum atomic E-state index is -0.0512. The van der Waals surface area contributed by atoms with E-state index in [1.54, 1.807) is 10.7 Å². The molecular weight excluding hydrogens is 392 g/mol. The Morgan fingerprint density at radius 2 is 2.06 bits per heavy atom. The fraction of sp³-hybridized carbons (Fsp3) is 0.304. The Hall–Kier alpha value is -3.68. The van der Waals surface area contributed by atoms with Gasteiger partial charge in [0.25, 0.3) is 0 Å². The van der Waals surface area contributed by atoms with Gasteiger partial charge in [-0.15, -0.1) is 0 Å². The molecule has 0 bridgehead atoms. The molecule has 3 aromatic heterocycles. The van der Waals surface area contributed by atoms with Gasteiger partial charge >= 0.3 is 0 Å². The van der Waals surface area contributed by atoms with Crippen LogP contribution in [0.3, 0.4) is 0 Å². The van der Waals surface area contributed by atoms with E-state index >= 15 is 0 Å². The summed E-state index contributed by atoms with van der Waals surface area (Å²) in [5, 5.41) is 11.5. The number of ether oxygens (including phenoxy) is 1. The zero-order valence-corrected chi connectivity index (χ0v) is 17.3. The summed E-state index contributed by atoms with van der Waals surface area (Å²) in [6, 6.07) is 16.1. The van der Waals surface area contributed by atoms with Crippen molar-refractivity contribution in [2.24, 2.45) is 5.92 Å². The lowest BCUT2D eigenvalue weighted by atomic mass is 10.1. The van der Waals surface area contributed by atoms with Gasteiger partial charge in [-0.25, -0.2) is 0 Å². The first-order chi connectivity index (χ1) is 15.2. The van der Waals surface area contributed by atoms with Crippen LogP contribution in [0.4, 0.5) is 5.82 Å². The number of hydrogen-bond donors (Lipinski definition) is 2. The fourth-order valence-corrected chi connectivity index (χ4v) is 3.79. The molecule has 2 N–H and O–H groups in total. The highest BCUT2D eigenvalue weighted by Crippen LogP contribution is 2.47. The van der Waals surface area contributed by atoms with E-state index in [9.17, 15) is 4.79 Å². The molecule has 0 saturated heterocycles. The lowest BCUT2D eigenvalue weighted by Crippen LogP contribution is -2.26. The minimum Gasteiger partial charge on any atom is -0.477 e. The molecule has 4 aromatic rings. The van der Waals surface area contributed by atoms with E-state index in [0.29, 0.717) is 43.1 Å². The number of aromatic nitrogens is 4. The van der Waals surface area contributed by atoms with Crippen molar-refractivity contribution in [2.45, 2.75) is 19.3 Å². The highest BCUT2D eigenvalue weighted by molar-refractivity contribution is 5.78. The highest BCUT2D eigenvalue weighted by Gasteiger charge is 2.40. The van der Waals surface area contributed by atoms with Crippen molar-refractivity contribution < 1.29 is 9.53 Å². The number of nitrogens with one attached hydrogen (secondary N) is 2. The molecule has 1 saturated carbocycles. The summed E-state index contributed by atoms with van der Waals surface area (Å²) in [6.45, 7) is 3.21. The van der Waals surface area contributed by atoms with E-state index in [1.165, 1.54) is 6.92 Å². The number of anilines is 1. The van der Waals surface area contributed by atoms with Crippen LogP contribution in [0.2, 0.25) is 0 Å². The SMILES string of the molecule is CC(=O)NCCNc1cc(OCC2CC2c2ccc3ccccc3n2)nc2ccnn12. The number of amides is 1. The summed E-state index contributed by atoms with van der Waals surface area (Å²) in [7, 11) is 0. The van der Waals surface area contributed by atoms with Crippen molar-refractivity contribution >= 4 is 28.3 Å². The first-order valence-electron chi connectivity index (χ1n) is 10.5. The second-order valence-electron chi connectivity index (χ2n) is 7.83. The topological polar surface area (TPSA) is 93.4 Å². The summed E-state index contributed by atoms with van der Waals surface area (Å²) in [4.78, 5) is 20.4. The van der Waals surface area contributed by atoms with Crippen molar-refractivity contribution in [1.82, 2.24) is 24.9 Å². The van der Waals surface area contributed by atoms with Gasteiger partial charge in [-0.05, 0) is 18.6 Å².